The van der Waals surface area contributed by atoms with Crippen LogP contribution in [-0.2, 0) is 14.6 Å². The van der Waals surface area contributed by atoms with E-state index in [-0.39, 0.29) is 23.1 Å². The zero-order chi connectivity index (χ0) is 20.7. The van der Waals surface area contributed by atoms with Crippen molar-refractivity contribution in [3.05, 3.63) is 78.9 Å². The summed E-state index contributed by atoms with van der Waals surface area (Å²) in [5.74, 6) is 1.25. The standard InChI is InChI=1S/C22H22N2O4S/c1-2-29(26,27)21-14-10-17(11-15-21)23-16-22(25)24-18-8-12-20(13-9-18)28-19-6-4-3-5-7-19/h3-15,23H,2,16H2,1H3,(H,24,25). The smallest absolute Gasteiger partial charge is 0.243 e. The number of nitrogens with one attached hydrogen (secondary N) is 2. The van der Waals surface area contributed by atoms with Crippen LogP contribution in [0.5, 0.6) is 11.5 Å². The van der Waals surface area contributed by atoms with E-state index in [1.54, 1.807) is 43.3 Å². The third-order valence-electron chi connectivity index (χ3n) is 4.16. The minimum atomic E-state index is -3.23. The van der Waals surface area contributed by atoms with Gasteiger partial charge in [-0.15, -0.1) is 0 Å². The van der Waals surface area contributed by atoms with Crippen LogP contribution in [0.4, 0.5) is 11.4 Å². The fraction of sp³-hybridized carbons (Fsp3) is 0.136. The lowest BCUT2D eigenvalue weighted by Gasteiger charge is -2.10. The summed E-state index contributed by atoms with van der Waals surface area (Å²) in [6, 6.07) is 22.9. The van der Waals surface area contributed by atoms with Gasteiger partial charge in [-0.2, -0.15) is 0 Å². The van der Waals surface area contributed by atoms with Crippen LogP contribution in [0.15, 0.2) is 83.8 Å². The van der Waals surface area contributed by atoms with Gasteiger partial charge >= 0.3 is 0 Å². The Morgan fingerprint density at radius 1 is 0.828 bits per heavy atom. The van der Waals surface area contributed by atoms with E-state index in [0.717, 1.165) is 5.75 Å². The Morgan fingerprint density at radius 3 is 2.03 bits per heavy atom. The molecule has 2 N–H and O–H groups in total. The Kier molecular flexibility index (Phi) is 6.51. The fourth-order valence-corrected chi connectivity index (χ4v) is 3.45. The van der Waals surface area contributed by atoms with E-state index >= 15 is 0 Å². The first-order valence-corrected chi connectivity index (χ1v) is 10.8. The largest absolute Gasteiger partial charge is 0.457 e. The second-order valence-electron chi connectivity index (χ2n) is 6.27. The van der Waals surface area contributed by atoms with E-state index in [4.69, 9.17) is 4.74 Å². The van der Waals surface area contributed by atoms with Crippen LogP contribution < -0.4 is 15.4 Å². The Labute approximate surface area is 170 Å². The highest BCUT2D eigenvalue weighted by atomic mass is 32.2. The van der Waals surface area contributed by atoms with Gasteiger partial charge in [-0.25, -0.2) is 8.42 Å². The summed E-state index contributed by atoms with van der Waals surface area (Å²) in [5.41, 5.74) is 1.32. The van der Waals surface area contributed by atoms with E-state index in [2.05, 4.69) is 10.6 Å². The van der Waals surface area contributed by atoms with Crippen molar-refractivity contribution in [3.63, 3.8) is 0 Å². The molecule has 0 fully saturated rings. The number of sulfone groups is 1. The molecule has 0 unspecified atom stereocenters. The van der Waals surface area contributed by atoms with E-state index in [9.17, 15) is 13.2 Å². The monoisotopic (exact) mass is 410 g/mol. The lowest BCUT2D eigenvalue weighted by atomic mass is 10.3. The van der Waals surface area contributed by atoms with Gasteiger partial charge in [0.25, 0.3) is 0 Å². The molecule has 0 saturated heterocycles. The van der Waals surface area contributed by atoms with Crippen LogP contribution in [0.25, 0.3) is 0 Å². The number of anilines is 2. The lowest BCUT2D eigenvalue weighted by molar-refractivity contribution is -0.114. The quantitative estimate of drug-likeness (QED) is 0.578. The predicted octanol–water partition coefficient (Wildman–Crippen LogP) is 4.32. The van der Waals surface area contributed by atoms with Gasteiger partial charge in [-0.3, -0.25) is 4.79 Å². The Bertz CT molecular complexity index is 1050. The molecule has 0 saturated carbocycles. The van der Waals surface area contributed by atoms with Crippen molar-refractivity contribution < 1.29 is 17.9 Å². The highest BCUT2D eigenvalue weighted by molar-refractivity contribution is 7.91. The number of carbonyl (C=O) groups is 1. The molecule has 0 bridgehead atoms. The molecule has 3 aromatic rings. The highest BCUT2D eigenvalue weighted by Crippen LogP contribution is 2.22. The van der Waals surface area contributed by atoms with Crippen LogP contribution in [0.1, 0.15) is 6.92 Å². The number of hydrogen-bond acceptors (Lipinski definition) is 5. The van der Waals surface area contributed by atoms with Gasteiger partial charge in [-0.05, 0) is 60.7 Å². The molecule has 0 aromatic heterocycles. The third kappa shape index (κ3) is 5.83. The molecule has 29 heavy (non-hydrogen) atoms. The summed E-state index contributed by atoms with van der Waals surface area (Å²) >= 11 is 0. The first kappa shape index (κ1) is 20.4. The normalized spacial score (nSPS) is 10.9. The molecule has 6 nitrogen and oxygen atoms in total. The third-order valence-corrected chi connectivity index (χ3v) is 5.91. The molecule has 0 aliphatic heterocycles. The van der Waals surface area contributed by atoms with E-state index in [0.29, 0.717) is 17.1 Å². The number of amides is 1. The molecule has 3 rings (SSSR count). The number of ether oxygens (including phenoxy) is 1. The maximum Gasteiger partial charge on any atom is 0.243 e. The average Bonchev–Trinajstić information content (AvgIpc) is 2.75. The average molecular weight is 410 g/mol. The second kappa shape index (κ2) is 9.25. The zero-order valence-corrected chi connectivity index (χ0v) is 16.8. The van der Waals surface area contributed by atoms with Crippen LogP contribution in [-0.4, -0.2) is 26.6 Å². The van der Waals surface area contributed by atoms with Gasteiger partial charge in [-0.1, -0.05) is 25.1 Å². The number of para-hydroxylation sites is 1. The molecule has 0 aliphatic rings. The van der Waals surface area contributed by atoms with E-state index in [1.165, 1.54) is 12.1 Å². The van der Waals surface area contributed by atoms with Gasteiger partial charge in [0.15, 0.2) is 9.84 Å². The van der Waals surface area contributed by atoms with Crippen LogP contribution in [0.2, 0.25) is 0 Å². The van der Waals surface area contributed by atoms with Crippen molar-refractivity contribution in [2.75, 3.05) is 22.9 Å². The molecule has 0 aliphatic carbocycles. The maximum atomic E-state index is 12.1. The molecule has 1 amide bonds. The molecule has 0 spiro atoms. The van der Waals surface area contributed by atoms with E-state index in [1.807, 2.05) is 30.3 Å². The molecular formula is C22H22N2O4S. The van der Waals surface area contributed by atoms with Crippen molar-refractivity contribution >= 4 is 27.1 Å². The minimum Gasteiger partial charge on any atom is -0.457 e. The summed E-state index contributed by atoms with van der Waals surface area (Å²) in [7, 11) is -3.23. The molecule has 0 radical (unpaired) electrons. The molecule has 0 heterocycles. The van der Waals surface area contributed by atoms with Gasteiger partial charge in [0.05, 0.1) is 17.2 Å². The summed E-state index contributed by atoms with van der Waals surface area (Å²) in [6.07, 6.45) is 0. The predicted molar refractivity (Wildman–Crippen MR) is 114 cm³/mol. The summed E-state index contributed by atoms with van der Waals surface area (Å²) < 4.78 is 29.3. The Morgan fingerprint density at radius 2 is 1.41 bits per heavy atom. The Balaban J connectivity index is 1.50. The summed E-state index contributed by atoms with van der Waals surface area (Å²) in [4.78, 5) is 12.4. The number of hydrogen-bond donors (Lipinski definition) is 2. The summed E-state index contributed by atoms with van der Waals surface area (Å²) in [6.45, 7) is 1.66. The zero-order valence-electron chi connectivity index (χ0n) is 16.0. The molecule has 0 atom stereocenters. The number of benzene rings is 3. The fourth-order valence-electron chi connectivity index (χ4n) is 2.57. The van der Waals surface area contributed by atoms with E-state index < -0.39 is 9.84 Å². The van der Waals surface area contributed by atoms with Crippen LogP contribution in [0.3, 0.4) is 0 Å². The van der Waals surface area contributed by atoms with Crippen molar-refractivity contribution in [3.8, 4) is 11.5 Å². The Hall–Kier alpha value is -3.32. The number of carbonyl (C=O) groups excluding carboxylic acids is 1. The van der Waals surface area contributed by atoms with Gasteiger partial charge < -0.3 is 15.4 Å². The molecule has 150 valence electrons. The van der Waals surface area contributed by atoms with Crippen molar-refractivity contribution in [2.24, 2.45) is 0 Å². The van der Waals surface area contributed by atoms with Crippen LogP contribution >= 0.6 is 0 Å². The first-order valence-electron chi connectivity index (χ1n) is 9.16. The van der Waals surface area contributed by atoms with Gasteiger partial charge in [0, 0.05) is 11.4 Å². The van der Waals surface area contributed by atoms with Gasteiger partial charge in [0.2, 0.25) is 5.91 Å². The molecule has 3 aromatic carbocycles. The highest BCUT2D eigenvalue weighted by Gasteiger charge is 2.11. The second-order valence-corrected chi connectivity index (χ2v) is 8.55. The minimum absolute atomic E-state index is 0.0529. The maximum absolute atomic E-state index is 12.1. The molecular weight excluding hydrogens is 388 g/mol. The lowest BCUT2D eigenvalue weighted by Crippen LogP contribution is -2.21. The van der Waals surface area contributed by atoms with Crippen molar-refractivity contribution in [2.45, 2.75) is 11.8 Å². The molecule has 7 heteroatoms. The van der Waals surface area contributed by atoms with Crippen molar-refractivity contribution in [1.29, 1.82) is 0 Å². The van der Waals surface area contributed by atoms with Gasteiger partial charge in [0.1, 0.15) is 11.5 Å². The first-order chi connectivity index (χ1) is 14.0. The van der Waals surface area contributed by atoms with Crippen LogP contribution in [0, 0.1) is 0 Å². The topological polar surface area (TPSA) is 84.5 Å². The summed E-state index contributed by atoms with van der Waals surface area (Å²) in [5, 5.41) is 5.77. The van der Waals surface area contributed by atoms with Crippen molar-refractivity contribution in [1.82, 2.24) is 0 Å². The SMILES string of the molecule is CCS(=O)(=O)c1ccc(NCC(=O)Nc2ccc(Oc3ccccc3)cc2)cc1. The number of rotatable bonds is 8.